The van der Waals surface area contributed by atoms with Gasteiger partial charge in [-0.3, -0.25) is 9.97 Å². The Morgan fingerprint density at radius 2 is 0.984 bits per heavy atom. The lowest BCUT2D eigenvalue weighted by atomic mass is 9.79. The van der Waals surface area contributed by atoms with Crippen molar-refractivity contribution < 1.29 is 5.11 Å². The fraction of sp³-hybridized carbons (Fsp3) is 0.136. The van der Waals surface area contributed by atoms with E-state index in [0.717, 1.165) is 72.7 Å². The summed E-state index contributed by atoms with van der Waals surface area (Å²) in [7, 11) is 0. The maximum atomic E-state index is 11.2. The van der Waals surface area contributed by atoms with Crippen LogP contribution in [0.1, 0.15) is 52.7 Å². The van der Waals surface area contributed by atoms with Crippen LogP contribution in [-0.4, -0.2) is 24.6 Å². The summed E-state index contributed by atoms with van der Waals surface area (Å²) in [5.41, 5.74) is 16.8. The molecule has 0 unspecified atom stereocenters. The van der Waals surface area contributed by atoms with Crippen LogP contribution in [0.15, 0.2) is 188 Å². The molecule has 0 radical (unpaired) electrons. The van der Waals surface area contributed by atoms with Crippen LogP contribution in [0.25, 0.3) is 94.8 Å². The Morgan fingerprint density at radius 3 is 1.70 bits per heavy atom. The fourth-order valence-corrected chi connectivity index (χ4v) is 8.79. The molecule has 1 N–H and O–H groups in total. The van der Waals surface area contributed by atoms with Crippen LogP contribution in [0.2, 0.25) is 0 Å². The smallest absolute Gasteiger partial charge is 0.124 e. The van der Waals surface area contributed by atoms with Gasteiger partial charge in [0.1, 0.15) is 5.75 Å². The van der Waals surface area contributed by atoms with E-state index in [-0.39, 0.29) is 16.6 Å². The van der Waals surface area contributed by atoms with Gasteiger partial charge < -0.3 is 9.67 Å². The van der Waals surface area contributed by atoms with Crippen molar-refractivity contribution in [2.24, 2.45) is 0 Å². The minimum atomic E-state index is -0.0660. The van der Waals surface area contributed by atoms with Crippen molar-refractivity contribution in [3.63, 3.8) is 0 Å². The van der Waals surface area contributed by atoms with Crippen LogP contribution in [-0.2, 0) is 10.8 Å². The Morgan fingerprint density at radius 1 is 0.406 bits per heavy atom. The number of phenols is 1. The molecule has 5 heteroatoms. The van der Waals surface area contributed by atoms with Gasteiger partial charge in [-0.15, -0.1) is 0 Å². The minimum Gasteiger partial charge on any atom is -0.507 e. The van der Waals surface area contributed by atoms with Crippen molar-refractivity contribution in [3.8, 4) is 78.7 Å². The second-order valence-corrected chi connectivity index (χ2v) is 18.8. The molecule has 5 nitrogen and oxygen atoms in total. The standard InChI is InChI=1S/C59H50N4O/c1-58(2,3)44-32-39(33-45(37-44)59(4,5)6)40-35-53(62-54(36-40)50-20-11-13-25-56(50)64)43-30-41(51-23-14-15-27-60-51)29-42(31-43)52-34-38(26-28-61-52)47-21-16-22-49-48-19-10-12-24-55(48)63(57(47)49)46-17-8-7-9-18-46/h7-37,64H,1-6H3. The van der Waals surface area contributed by atoms with Gasteiger partial charge in [-0.05, 0) is 124 Å². The van der Waals surface area contributed by atoms with Gasteiger partial charge in [-0.1, -0.05) is 133 Å². The lowest BCUT2D eigenvalue weighted by Crippen LogP contribution is -2.16. The summed E-state index contributed by atoms with van der Waals surface area (Å²) in [5, 5.41) is 13.6. The summed E-state index contributed by atoms with van der Waals surface area (Å²) >= 11 is 0. The third-order valence-electron chi connectivity index (χ3n) is 12.3. The van der Waals surface area contributed by atoms with Gasteiger partial charge in [-0.2, -0.15) is 0 Å². The number of rotatable bonds is 7. The molecule has 64 heavy (non-hydrogen) atoms. The number of fused-ring (bicyclic) bond motifs is 3. The molecular weight excluding hydrogens is 781 g/mol. The number of nitrogens with zero attached hydrogens (tertiary/aromatic N) is 4. The summed E-state index contributed by atoms with van der Waals surface area (Å²) in [5.74, 6) is 0.183. The number of hydrogen-bond acceptors (Lipinski definition) is 4. The number of aromatic hydroxyl groups is 1. The first-order valence-corrected chi connectivity index (χ1v) is 22.0. The molecular formula is C59H50N4O. The van der Waals surface area contributed by atoms with Crippen molar-refractivity contribution >= 4 is 21.8 Å². The van der Waals surface area contributed by atoms with E-state index in [1.165, 1.54) is 21.9 Å². The third kappa shape index (κ3) is 7.64. The van der Waals surface area contributed by atoms with Crippen molar-refractivity contribution in [1.29, 1.82) is 0 Å². The van der Waals surface area contributed by atoms with Gasteiger partial charge in [0.15, 0.2) is 0 Å². The predicted octanol–water partition coefficient (Wildman–Crippen LogP) is 15.3. The molecule has 0 saturated carbocycles. The highest BCUT2D eigenvalue weighted by Crippen LogP contribution is 2.42. The summed E-state index contributed by atoms with van der Waals surface area (Å²) in [6.45, 7) is 13.6. The van der Waals surface area contributed by atoms with Crippen molar-refractivity contribution in [2.45, 2.75) is 52.4 Å². The first-order chi connectivity index (χ1) is 30.9. The second kappa shape index (κ2) is 15.9. The Kier molecular flexibility index (Phi) is 10.1. The number of benzene rings is 6. The monoisotopic (exact) mass is 830 g/mol. The zero-order valence-corrected chi connectivity index (χ0v) is 37.1. The molecule has 4 aromatic heterocycles. The zero-order chi connectivity index (χ0) is 44.2. The zero-order valence-electron chi connectivity index (χ0n) is 37.1. The van der Waals surface area contributed by atoms with E-state index in [4.69, 9.17) is 15.0 Å². The Balaban J connectivity index is 1.19. The van der Waals surface area contributed by atoms with Crippen LogP contribution >= 0.6 is 0 Å². The maximum Gasteiger partial charge on any atom is 0.124 e. The largest absolute Gasteiger partial charge is 0.507 e. The molecule has 0 amide bonds. The molecule has 0 aliphatic rings. The molecule has 0 saturated heterocycles. The molecule has 0 fully saturated rings. The molecule has 6 aromatic carbocycles. The molecule has 4 heterocycles. The van der Waals surface area contributed by atoms with Gasteiger partial charge in [0.05, 0.1) is 33.8 Å². The summed E-state index contributed by atoms with van der Waals surface area (Å²) in [6, 6.07) is 61.4. The number of pyridine rings is 3. The molecule has 0 aliphatic carbocycles. The highest BCUT2D eigenvalue weighted by molar-refractivity contribution is 6.13. The van der Waals surface area contributed by atoms with Crippen molar-refractivity contribution in [2.75, 3.05) is 0 Å². The van der Waals surface area contributed by atoms with Gasteiger partial charge in [0.25, 0.3) is 0 Å². The lowest BCUT2D eigenvalue weighted by Gasteiger charge is -2.26. The Hall–Kier alpha value is -7.63. The van der Waals surface area contributed by atoms with Gasteiger partial charge in [0.2, 0.25) is 0 Å². The number of hydrogen-bond donors (Lipinski definition) is 1. The van der Waals surface area contributed by atoms with Crippen molar-refractivity contribution in [1.82, 2.24) is 19.5 Å². The van der Waals surface area contributed by atoms with Gasteiger partial charge in [-0.25, -0.2) is 4.98 Å². The molecule has 0 aliphatic heterocycles. The topological polar surface area (TPSA) is 63.8 Å². The first-order valence-electron chi connectivity index (χ1n) is 22.0. The van der Waals surface area contributed by atoms with Crippen LogP contribution in [0, 0.1) is 0 Å². The van der Waals surface area contributed by atoms with E-state index >= 15 is 0 Å². The van der Waals surface area contributed by atoms with Crippen molar-refractivity contribution in [3.05, 3.63) is 199 Å². The summed E-state index contributed by atoms with van der Waals surface area (Å²) in [6.07, 6.45) is 3.74. The Bertz CT molecular complexity index is 3320. The average Bonchev–Trinajstić information content (AvgIpc) is 3.66. The molecule has 0 spiro atoms. The van der Waals surface area contributed by atoms with E-state index in [0.29, 0.717) is 11.3 Å². The predicted molar refractivity (Wildman–Crippen MR) is 266 cm³/mol. The van der Waals surface area contributed by atoms with E-state index in [1.807, 2.05) is 48.8 Å². The van der Waals surface area contributed by atoms with Gasteiger partial charge >= 0.3 is 0 Å². The van der Waals surface area contributed by atoms with Crippen LogP contribution in [0.5, 0.6) is 5.75 Å². The Labute approximate surface area is 375 Å². The van der Waals surface area contributed by atoms with E-state index in [9.17, 15) is 5.11 Å². The van der Waals surface area contributed by atoms with Crippen LogP contribution < -0.4 is 0 Å². The summed E-state index contributed by atoms with van der Waals surface area (Å²) in [4.78, 5) is 15.2. The maximum absolute atomic E-state index is 11.2. The van der Waals surface area contributed by atoms with Gasteiger partial charge in [0, 0.05) is 56.7 Å². The van der Waals surface area contributed by atoms with Crippen LogP contribution in [0.4, 0.5) is 0 Å². The molecule has 0 atom stereocenters. The highest BCUT2D eigenvalue weighted by atomic mass is 16.3. The number of aromatic nitrogens is 4. The lowest BCUT2D eigenvalue weighted by molar-refractivity contribution is 0.477. The first kappa shape index (κ1) is 40.4. The fourth-order valence-electron chi connectivity index (χ4n) is 8.79. The minimum absolute atomic E-state index is 0.0660. The normalized spacial score (nSPS) is 12.0. The van der Waals surface area contributed by atoms with E-state index in [2.05, 4.69) is 180 Å². The quantitative estimate of drug-likeness (QED) is 0.174. The number of para-hydroxylation sites is 4. The van der Waals surface area contributed by atoms with E-state index in [1.54, 1.807) is 6.07 Å². The highest BCUT2D eigenvalue weighted by Gasteiger charge is 2.23. The number of phenolic OH excluding ortho intramolecular Hbond substituents is 1. The molecule has 10 aromatic rings. The van der Waals surface area contributed by atoms with Crippen LogP contribution in [0.3, 0.4) is 0 Å². The summed E-state index contributed by atoms with van der Waals surface area (Å²) < 4.78 is 2.38. The second-order valence-electron chi connectivity index (χ2n) is 18.8. The third-order valence-corrected chi connectivity index (χ3v) is 12.3. The molecule has 0 bridgehead atoms. The van der Waals surface area contributed by atoms with E-state index < -0.39 is 0 Å². The molecule has 10 rings (SSSR count). The SMILES string of the molecule is CC(C)(C)c1cc(-c2cc(-c3cc(-c4ccccn4)cc(-c4cc(-c5cccc6c7ccccc7n(-c7ccccc7)c56)ccn4)c3)nc(-c3ccccc3O)c2)cc(C(C)(C)C)c1. The molecule has 312 valence electrons. The average molecular weight is 831 g/mol.